The van der Waals surface area contributed by atoms with E-state index >= 15 is 0 Å². The van der Waals surface area contributed by atoms with Crippen LogP contribution in [0.25, 0.3) is 0 Å². The number of thioether (sulfide) groups is 1. The highest BCUT2D eigenvalue weighted by Crippen LogP contribution is 2.42. The van der Waals surface area contributed by atoms with Crippen molar-refractivity contribution in [1.29, 1.82) is 0 Å². The van der Waals surface area contributed by atoms with Gasteiger partial charge in [-0.2, -0.15) is 13.2 Å². The summed E-state index contributed by atoms with van der Waals surface area (Å²) in [6.07, 6.45) is 4.85. The summed E-state index contributed by atoms with van der Waals surface area (Å²) in [6.45, 7) is 0.533. The molecule has 0 aromatic rings. The van der Waals surface area contributed by atoms with Crippen LogP contribution in [0.2, 0.25) is 0 Å². The van der Waals surface area contributed by atoms with Crippen molar-refractivity contribution in [3.63, 3.8) is 0 Å². The second-order valence-corrected chi connectivity index (χ2v) is 5.12. The first-order valence-corrected chi connectivity index (χ1v) is 5.87. The molecule has 2 N–H and O–H groups in total. The Kier molecular flexibility index (Phi) is 4.13. The van der Waals surface area contributed by atoms with E-state index in [1.165, 1.54) is 0 Å². The molecule has 1 saturated carbocycles. The lowest BCUT2D eigenvalue weighted by Crippen LogP contribution is -2.28. The lowest BCUT2D eigenvalue weighted by atomic mass is 9.84. The SMILES string of the molecule is NCC1(CCSC(F)(F)F)CCCC1. The minimum Gasteiger partial charge on any atom is -0.330 e. The van der Waals surface area contributed by atoms with E-state index in [9.17, 15) is 13.2 Å². The van der Waals surface area contributed by atoms with Crippen LogP contribution in [-0.2, 0) is 0 Å². The number of hydrogen-bond donors (Lipinski definition) is 1. The molecule has 0 heterocycles. The highest BCUT2D eigenvalue weighted by Gasteiger charge is 2.34. The zero-order valence-electron chi connectivity index (χ0n) is 8.07. The van der Waals surface area contributed by atoms with E-state index < -0.39 is 5.51 Å². The van der Waals surface area contributed by atoms with Crippen molar-refractivity contribution in [3.05, 3.63) is 0 Å². The molecule has 84 valence electrons. The maximum Gasteiger partial charge on any atom is 0.441 e. The number of alkyl halides is 3. The fraction of sp³-hybridized carbons (Fsp3) is 1.00. The average Bonchev–Trinajstić information content (AvgIpc) is 2.52. The van der Waals surface area contributed by atoms with E-state index in [-0.39, 0.29) is 22.9 Å². The third-order valence-corrected chi connectivity index (χ3v) is 3.73. The van der Waals surface area contributed by atoms with Gasteiger partial charge >= 0.3 is 5.51 Å². The summed E-state index contributed by atoms with van der Waals surface area (Å²) in [5.74, 6) is 0.153. The van der Waals surface area contributed by atoms with Crippen molar-refractivity contribution in [3.8, 4) is 0 Å². The van der Waals surface area contributed by atoms with Gasteiger partial charge in [0.25, 0.3) is 0 Å². The smallest absolute Gasteiger partial charge is 0.330 e. The Labute approximate surface area is 86.6 Å². The lowest BCUT2D eigenvalue weighted by molar-refractivity contribution is -0.0329. The molecule has 1 rings (SSSR count). The molecule has 1 aliphatic carbocycles. The molecular weight excluding hydrogens is 211 g/mol. The molecule has 0 spiro atoms. The first-order valence-electron chi connectivity index (χ1n) is 4.88. The molecular formula is C9H16F3NS. The van der Waals surface area contributed by atoms with Crippen LogP contribution in [0, 0.1) is 5.41 Å². The van der Waals surface area contributed by atoms with Crippen molar-refractivity contribution in [2.75, 3.05) is 12.3 Å². The fourth-order valence-corrected chi connectivity index (χ4v) is 2.83. The molecule has 1 aliphatic rings. The van der Waals surface area contributed by atoms with E-state index in [1.54, 1.807) is 0 Å². The Morgan fingerprint density at radius 3 is 2.21 bits per heavy atom. The molecule has 0 aromatic carbocycles. The topological polar surface area (TPSA) is 26.0 Å². The van der Waals surface area contributed by atoms with Gasteiger partial charge in [0, 0.05) is 5.75 Å². The van der Waals surface area contributed by atoms with E-state index in [0.29, 0.717) is 13.0 Å². The Morgan fingerprint density at radius 1 is 1.21 bits per heavy atom. The number of nitrogens with two attached hydrogens (primary N) is 1. The van der Waals surface area contributed by atoms with E-state index in [2.05, 4.69) is 0 Å². The van der Waals surface area contributed by atoms with Gasteiger partial charge < -0.3 is 5.73 Å². The molecule has 0 atom stereocenters. The number of halogens is 3. The van der Waals surface area contributed by atoms with Gasteiger partial charge in [0.1, 0.15) is 0 Å². The van der Waals surface area contributed by atoms with Gasteiger partial charge in [-0.25, -0.2) is 0 Å². The minimum atomic E-state index is -4.09. The monoisotopic (exact) mass is 227 g/mol. The molecule has 14 heavy (non-hydrogen) atoms. The van der Waals surface area contributed by atoms with Gasteiger partial charge in [0.05, 0.1) is 0 Å². The average molecular weight is 227 g/mol. The Hall–Kier alpha value is 0.100. The molecule has 0 bridgehead atoms. The van der Waals surface area contributed by atoms with Crippen molar-refractivity contribution in [1.82, 2.24) is 0 Å². The summed E-state index contributed by atoms with van der Waals surface area (Å²) in [6, 6.07) is 0. The molecule has 5 heteroatoms. The predicted molar refractivity (Wildman–Crippen MR) is 53.1 cm³/mol. The van der Waals surface area contributed by atoms with Crippen LogP contribution in [0.15, 0.2) is 0 Å². The summed E-state index contributed by atoms with van der Waals surface area (Å²) in [5.41, 5.74) is 1.55. The Balaban J connectivity index is 2.28. The van der Waals surface area contributed by atoms with Crippen molar-refractivity contribution in [2.24, 2.45) is 11.1 Å². The fourth-order valence-electron chi connectivity index (χ4n) is 2.06. The Morgan fingerprint density at radius 2 is 1.79 bits per heavy atom. The zero-order chi connectivity index (χ0) is 10.7. The first kappa shape index (κ1) is 12.2. The van der Waals surface area contributed by atoms with Crippen LogP contribution < -0.4 is 5.73 Å². The summed E-state index contributed by atoms with van der Waals surface area (Å²) in [4.78, 5) is 0. The van der Waals surface area contributed by atoms with E-state index in [4.69, 9.17) is 5.73 Å². The van der Waals surface area contributed by atoms with Gasteiger partial charge in [-0.3, -0.25) is 0 Å². The summed E-state index contributed by atoms with van der Waals surface area (Å²) in [7, 11) is 0. The minimum absolute atomic E-state index is 0.0122. The molecule has 0 aliphatic heterocycles. The third-order valence-electron chi connectivity index (χ3n) is 3.00. The van der Waals surface area contributed by atoms with E-state index in [1.807, 2.05) is 0 Å². The summed E-state index contributed by atoms with van der Waals surface area (Å²) < 4.78 is 35.7. The summed E-state index contributed by atoms with van der Waals surface area (Å²) in [5, 5.41) is 0. The van der Waals surface area contributed by atoms with Crippen LogP contribution >= 0.6 is 11.8 Å². The van der Waals surface area contributed by atoms with Gasteiger partial charge in [0.2, 0.25) is 0 Å². The van der Waals surface area contributed by atoms with Crippen LogP contribution in [0.4, 0.5) is 13.2 Å². The molecule has 0 aromatic heterocycles. The lowest BCUT2D eigenvalue weighted by Gasteiger charge is -2.26. The van der Waals surface area contributed by atoms with Gasteiger partial charge in [-0.1, -0.05) is 24.6 Å². The number of rotatable bonds is 4. The molecule has 0 amide bonds. The quantitative estimate of drug-likeness (QED) is 0.798. The van der Waals surface area contributed by atoms with Gasteiger partial charge in [0.15, 0.2) is 0 Å². The first-order chi connectivity index (χ1) is 6.47. The second kappa shape index (κ2) is 4.75. The van der Waals surface area contributed by atoms with Crippen LogP contribution in [0.5, 0.6) is 0 Å². The van der Waals surface area contributed by atoms with Crippen molar-refractivity contribution >= 4 is 11.8 Å². The van der Waals surface area contributed by atoms with Gasteiger partial charge in [-0.05, 0) is 31.2 Å². The highest BCUT2D eigenvalue weighted by molar-refractivity contribution is 8.00. The largest absolute Gasteiger partial charge is 0.441 e. The molecule has 0 radical (unpaired) electrons. The maximum absolute atomic E-state index is 11.9. The second-order valence-electron chi connectivity index (χ2n) is 3.96. The molecule has 1 nitrogen and oxygen atoms in total. The number of hydrogen-bond acceptors (Lipinski definition) is 2. The Bertz CT molecular complexity index is 175. The van der Waals surface area contributed by atoms with Crippen LogP contribution in [0.1, 0.15) is 32.1 Å². The van der Waals surface area contributed by atoms with Crippen molar-refractivity contribution < 1.29 is 13.2 Å². The zero-order valence-corrected chi connectivity index (χ0v) is 8.89. The van der Waals surface area contributed by atoms with Crippen molar-refractivity contribution in [2.45, 2.75) is 37.6 Å². The maximum atomic E-state index is 11.9. The molecule has 0 unspecified atom stereocenters. The standard InChI is InChI=1S/C9H16F3NS/c10-9(11,12)14-6-5-8(7-13)3-1-2-4-8/h1-7,13H2. The van der Waals surface area contributed by atoms with E-state index in [0.717, 1.165) is 25.7 Å². The predicted octanol–water partition coefficient (Wildman–Crippen LogP) is 3.15. The van der Waals surface area contributed by atoms with Crippen LogP contribution in [0.3, 0.4) is 0 Å². The highest BCUT2D eigenvalue weighted by atomic mass is 32.2. The normalized spacial score (nSPS) is 21.4. The summed E-state index contributed by atoms with van der Waals surface area (Å²) >= 11 is 0.0788. The van der Waals surface area contributed by atoms with Crippen LogP contribution in [-0.4, -0.2) is 17.8 Å². The molecule has 0 saturated heterocycles. The third kappa shape index (κ3) is 3.69. The molecule has 1 fully saturated rings. The van der Waals surface area contributed by atoms with Gasteiger partial charge in [-0.15, -0.1) is 0 Å².